The van der Waals surface area contributed by atoms with Crippen molar-refractivity contribution in [3.63, 3.8) is 0 Å². The number of aliphatic imine (C=N–C) groups is 1. The molecule has 0 radical (unpaired) electrons. The first kappa shape index (κ1) is 28.4. The molecule has 3 atom stereocenters. The zero-order valence-corrected chi connectivity index (χ0v) is 23.0. The van der Waals surface area contributed by atoms with Gasteiger partial charge in [0.15, 0.2) is 23.9 Å². The van der Waals surface area contributed by atoms with Gasteiger partial charge in [-0.2, -0.15) is 4.36 Å². The van der Waals surface area contributed by atoms with E-state index in [9.17, 15) is 14.1 Å². The number of aliphatic hydroxyl groups is 1. The molecule has 1 N–H and O–H groups in total. The van der Waals surface area contributed by atoms with Crippen molar-refractivity contribution in [1.82, 2.24) is 14.8 Å². The van der Waals surface area contributed by atoms with Gasteiger partial charge in [0.2, 0.25) is 0 Å². The van der Waals surface area contributed by atoms with Crippen LogP contribution in [0.1, 0.15) is 18.0 Å². The van der Waals surface area contributed by atoms with Crippen molar-refractivity contribution in [2.24, 2.45) is 9.36 Å². The predicted octanol–water partition coefficient (Wildman–Crippen LogP) is 3.04. The number of pyridine rings is 1. The monoisotopic (exact) mass is 555 g/mol. The Hall–Kier alpha value is -3.58. The SMILES string of the molecule is COC=Nc1cccc(C(CN2CC[C@H](O)C2)N(C)C(=O)COc2ccc(N=[SH](=O)OC)c3ncccc23)c1. The van der Waals surface area contributed by atoms with Gasteiger partial charge in [0.05, 0.1) is 32.1 Å². The molecule has 1 fully saturated rings. The van der Waals surface area contributed by atoms with E-state index in [1.165, 1.54) is 20.6 Å². The standard InChI is InChI=1S/C27H33N5O6S/c1-31(24(16-32-13-11-21(33)15-32)19-6-4-7-20(14-19)29-18-36-2)26(34)17-38-25-10-9-23(30-39(35)37-3)27-22(25)8-5-12-28-27/h4-10,12,14,18,21,24,33,39H,11,13,15-17H2,1-3H3/t21-,24?/m0/s1. The van der Waals surface area contributed by atoms with Crippen LogP contribution in [0.15, 0.2) is 64.1 Å². The highest BCUT2D eigenvalue weighted by Gasteiger charge is 2.28. The van der Waals surface area contributed by atoms with E-state index >= 15 is 0 Å². The molecule has 2 unspecified atom stereocenters. The second-order valence-corrected chi connectivity index (χ2v) is 10.1. The molecule has 208 valence electrons. The maximum atomic E-state index is 13.4. The average molecular weight is 556 g/mol. The Kier molecular flexibility index (Phi) is 9.82. The van der Waals surface area contributed by atoms with E-state index in [1.54, 1.807) is 42.4 Å². The average Bonchev–Trinajstić information content (AvgIpc) is 3.38. The Morgan fingerprint density at radius 3 is 2.87 bits per heavy atom. The molecule has 4 rings (SSSR count). The second kappa shape index (κ2) is 13.5. The van der Waals surface area contributed by atoms with Crippen LogP contribution >= 0.6 is 0 Å². The van der Waals surface area contributed by atoms with Crippen LogP contribution in [0.5, 0.6) is 5.75 Å². The third kappa shape index (κ3) is 7.30. The Morgan fingerprint density at radius 1 is 1.28 bits per heavy atom. The summed E-state index contributed by atoms with van der Waals surface area (Å²) in [6.07, 6.45) is 3.30. The first-order valence-electron chi connectivity index (χ1n) is 12.4. The zero-order valence-electron chi connectivity index (χ0n) is 22.1. The van der Waals surface area contributed by atoms with Gasteiger partial charge in [0.1, 0.15) is 17.0 Å². The molecule has 2 aromatic carbocycles. The molecular formula is C27H33N5O6S. The highest BCUT2D eigenvalue weighted by molar-refractivity contribution is 7.69. The predicted molar refractivity (Wildman–Crippen MR) is 150 cm³/mol. The Balaban J connectivity index is 1.55. The van der Waals surface area contributed by atoms with Gasteiger partial charge < -0.3 is 19.5 Å². The molecule has 0 saturated carbocycles. The van der Waals surface area contributed by atoms with Crippen LogP contribution in [-0.2, 0) is 24.6 Å². The molecule has 2 heterocycles. The van der Waals surface area contributed by atoms with Crippen LogP contribution in [0.25, 0.3) is 10.9 Å². The number of aromatic nitrogens is 1. The van der Waals surface area contributed by atoms with Gasteiger partial charge >= 0.3 is 0 Å². The number of carbonyl (C=O) groups excluding carboxylic acids is 1. The lowest BCUT2D eigenvalue weighted by molar-refractivity contribution is -0.134. The molecule has 1 aromatic heterocycles. The highest BCUT2D eigenvalue weighted by Crippen LogP contribution is 2.32. The fourth-order valence-electron chi connectivity index (χ4n) is 4.48. The number of rotatable bonds is 11. The number of carbonyl (C=O) groups is 1. The minimum Gasteiger partial charge on any atom is -0.486 e. The summed E-state index contributed by atoms with van der Waals surface area (Å²) in [6.45, 7) is 1.66. The maximum Gasteiger partial charge on any atom is 0.260 e. The summed E-state index contributed by atoms with van der Waals surface area (Å²) >= 11 is 0. The van der Waals surface area contributed by atoms with E-state index in [0.717, 1.165) is 12.1 Å². The normalized spacial score (nSPS) is 17.5. The maximum absolute atomic E-state index is 13.4. The van der Waals surface area contributed by atoms with Crippen LogP contribution in [0.3, 0.4) is 0 Å². The van der Waals surface area contributed by atoms with E-state index in [2.05, 4.69) is 19.2 Å². The number of likely N-dealkylation sites (N-methyl/N-ethyl adjacent to an activating group) is 1. The van der Waals surface area contributed by atoms with Crippen molar-refractivity contribution in [3.05, 3.63) is 60.3 Å². The summed E-state index contributed by atoms with van der Waals surface area (Å²) in [5.41, 5.74) is 2.52. The van der Waals surface area contributed by atoms with Gasteiger partial charge in [0.25, 0.3) is 5.91 Å². The number of ether oxygens (including phenoxy) is 2. The number of aliphatic hydroxyl groups excluding tert-OH is 1. The van der Waals surface area contributed by atoms with Crippen molar-refractivity contribution >= 4 is 45.5 Å². The number of amides is 1. The van der Waals surface area contributed by atoms with Gasteiger partial charge in [-0.25, -0.2) is 9.20 Å². The number of fused-ring (bicyclic) bond motifs is 1. The van der Waals surface area contributed by atoms with Crippen molar-refractivity contribution < 1.29 is 27.8 Å². The molecule has 39 heavy (non-hydrogen) atoms. The molecule has 0 aliphatic carbocycles. The summed E-state index contributed by atoms with van der Waals surface area (Å²) in [4.78, 5) is 25.9. The Morgan fingerprint density at radius 2 is 2.13 bits per heavy atom. The number of thiol groups is 1. The first-order chi connectivity index (χ1) is 18.9. The molecule has 1 amide bonds. The molecule has 12 heteroatoms. The third-order valence-electron chi connectivity index (χ3n) is 6.51. The quantitative estimate of drug-likeness (QED) is 0.210. The Labute approximate surface area is 229 Å². The lowest BCUT2D eigenvalue weighted by Gasteiger charge is -2.32. The summed E-state index contributed by atoms with van der Waals surface area (Å²) < 4.78 is 31.6. The molecule has 0 bridgehead atoms. The van der Waals surface area contributed by atoms with Gasteiger partial charge in [-0.1, -0.05) is 12.1 Å². The van der Waals surface area contributed by atoms with Crippen LogP contribution in [-0.4, -0.2) is 90.0 Å². The molecule has 11 nitrogen and oxygen atoms in total. The number of methoxy groups -OCH3 is 1. The minimum atomic E-state index is -2.21. The Bertz CT molecular complexity index is 1410. The summed E-state index contributed by atoms with van der Waals surface area (Å²) in [6, 6.07) is 14.2. The van der Waals surface area contributed by atoms with Gasteiger partial charge in [-0.05, 0) is 48.4 Å². The van der Waals surface area contributed by atoms with E-state index < -0.39 is 10.9 Å². The van der Waals surface area contributed by atoms with Crippen molar-refractivity contribution in [1.29, 1.82) is 0 Å². The van der Waals surface area contributed by atoms with E-state index in [1.807, 2.05) is 24.3 Å². The summed E-state index contributed by atoms with van der Waals surface area (Å²) in [5, 5.41) is 10.7. The molecule has 1 aliphatic rings. The number of likely N-dealkylation sites (tertiary alicyclic amines) is 1. The highest BCUT2D eigenvalue weighted by atomic mass is 32.2. The third-order valence-corrected chi connectivity index (χ3v) is 7.20. The van der Waals surface area contributed by atoms with Crippen LogP contribution < -0.4 is 4.74 Å². The second-order valence-electron chi connectivity index (χ2n) is 9.08. The number of nitrogens with zero attached hydrogens (tertiary/aromatic N) is 5. The fourth-order valence-corrected chi connectivity index (χ4v) is 4.90. The van der Waals surface area contributed by atoms with Crippen LogP contribution in [0, 0.1) is 0 Å². The van der Waals surface area contributed by atoms with Gasteiger partial charge in [-0.3, -0.25) is 18.9 Å². The minimum absolute atomic E-state index is 0.204. The van der Waals surface area contributed by atoms with Crippen molar-refractivity contribution in [2.45, 2.75) is 18.6 Å². The van der Waals surface area contributed by atoms with E-state index in [-0.39, 0.29) is 24.7 Å². The summed E-state index contributed by atoms with van der Waals surface area (Å²) in [5.74, 6) is 0.236. The fraction of sp³-hybridized carbons (Fsp3) is 0.370. The lowest BCUT2D eigenvalue weighted by atomic mass is 10.0. The number of hydrogen-bond donors (Lipinski definition) is 2. The van der Waals surface area contributed by atoms with Crippen molar-refractivity contribution in [2.75, 3.05) is 47.5 Å². The topological polar surface area (TPSA) is 126 Å². The molecule has 1 aliphatic heterocycles. The first-order valence-corrected chi connectivity index (χ1v) is 13.6. The smallest absolute Gasteiger partial charge is 0.260 e. The van der Waals surface area contributed by atoms with Gasteiger partial charge in [-0.15, -0.1) is 0 Å². The molecular weight excluding hydrogens is 522 g/mol. The van der Waals surface area contributed by atoms with Crippen molar-refractivity contribution in [3.8, 4) is 5.75 Å². The lowest BCUT2D eigenvalue weighted by Crippen LogP contribution is -2.40. The largest absolute Gasteiger partial charge is 0.486 e. The molecule has 1 saturated heterocycles. The molecule has 3 aromatic rings. The number of β-amino-alcohol motifs (C(OH)–C–C–N with tert-alkyl or cyclic N) is 1. The summed E-state index contributed by atoms with van der Waals surface area (Å²) in [7, 11) is 2.39. The van der Waals surface area contributed by atoms with Gasteiger partial charge in [0, 0.05) is 38.3 Å². The molecule has 0 spiro atoms. The van der Waals surface area contributed by atoms with Crippen LogP contribution in [0.2, 0.25) is 0 Å². The van der Waals surface area contributed by atoms with E-state index in [0.29, 0.717) is 47.5 Å². The number of hydrogen-bond acceptors (Lipinski definition) is 10. The van der Waals surface area contributed by atoms with E-state index in [4.69, 9.17) is 13.7 Å². The van der Waals surface area contributed by atoms with Crippen LogP contribution in [0.4, 0.5) is 11.4 Å². The zero-order chi connectivity index (χ0) is 27.8. The number of benzene rings is 2.